The molecule has 0 aliphatic carbocycles. The Hall–Kier alpha value is -2.66. The highest BCUT2D eigenvalue weighted by molar-refractivity contribution is 6.15. The Kier molecular flexibility index (Phi) is 4.24. The van der Waals surface area contributed by atoms with E-state index in [9.17, 15) is 9.59 Å². The van der Waals surface area contributed by atoms with Crippen molar-refractivity contribution in [3.63, 3.8) is 0 Å². The zero-order chi connectivity index (χ0) is 17.2. The minimum Gasteiger partial charge on any atom is -0.381 e. The van der Waals surface area contributed by atoms with E-state index in [4.69, 9.17) is 4.74 Å². The molecule has 0 unspecified atom stereocenters. The Bertz CT molecular complexity index is 795. The molecule has 5 nitrogen and oxygen atoms in total. The molecule has 2 amide bonds. The highest BCUT2D eigenvalue weighted by Gasteiger charge is 2.27. The molecule has 0 radical (unpaired) electrons. The molecule has 0 bridgehead atoms. The highest BCUT2D eigenvalue weighted by atomic mass is 16.5. The second kappa shape index (κ2) is 6.69. The third-order valence-corrected chi connectivity index (χ3v) is 4.81. The minimum absolute atomic E-state index is 0.0358. The van der Waals surface area contributed by atoms with Crippen LogP contribution in [-0.4, -0.2) is 31.6 Å². The Morgan fingerprint density at radius 1 is 1.12 bits per heavy atom. The van der Waals surface area contributed by atoms with Gasteiger partial charge in [0.25, 0.3) is 5.91 Å². The molecule has 2 heterocycles. The normalized spacial score (nSPS) is 19.9. The van der Waals surface area contributed by atoms with Crippen molar-refractivity contribution in [2.24, 2.45) is 0 Å². The maximum atomic E-state index is 12.9. The molecule has 2 aromatic carbocycles. The molecule has 1 saturated heterocycles. The number of para-hydroxylation sites is 2. The third-order valence-electron chi connectivity index (χ3n) is 4.81. The van der Waals surface area contributed by atoms with Gasteiger partial charge in [-0.15, -0.1) is 0 Å². The average Bonchev–Trinajstić information content (AvgIpc) is 2.67. The largest absolute Gasteiger partial charge is 0.381 e. The lowest BCUT2D eigenvalue weighted by molar-refractivity contribution is -0.115. The number of hydrogen-bond acceptors (Lipinski definition) is 3. The van der Waals surface area contributed by atoms with Gasteiger partial charge in [0.05, 0.1) is 18.0 Å². The molecule has 4 rings (SSSR count). The van der Waals surface area contributed by atoms with Crippen LogP contribution in [0.15, 0.2) is 48.5 Å². The minimum atomic E-state index is -0.178. The van der Waals surface area contributed by atoms with Crippen LogP contribution in [-0.2, 0) is 9.53 Å². The first kappa shape index (κ1) is 15.8. The van der Waals surface area contributed by atoms with E-state index in [1.807, 2.05) is 42.5 Å². The molecule has 25 heavy (non-hydrogen) atoms. The number of benzene rings is 2. The predicted octanol–water partition coefficient (Wildman–Crippen LogP) is 3.18. The van der Waals surface area contributed by atoms with Crippen LogP contribution in [0.4, 0.5) is 11.4 Å². The van der Waals surface area contributed by atoms with Crippen LogP contribution in [0.2, 0.25) is 0 Å². The summed E-state index contributed by atoms with van der Waals surface area (Å²) >= 11 is 0. The summed E-state index contributed by atoms with van der Waals surface area (Å²) in [6, 6.07) is 15.1. The van der Waals surface area contributed by atoms with Crippen molar-refractivity contribution in [2.45, 2.75) is 18.8 Å². The Morgan fingerprint density at radius 2 is 1.92 bits per heavy atom. The molecule has 2 aliphatic rings. The molecular weight excluding hydrogens is 316 g/mol. The molecule has 0 spiro atoms. The summed E-state index contributed by atoms with van der Waals surface area (Å²) in [4.78, 5) is 26.4. The van der Waals surface area contributed by atoms with Gasteiger partial charge in [0.1, 0.15) is 6.54 Å². The predicted molar refractivity (Wildman–Crippen MR) is 96.0 cm³/mol. The summed E-state index contributed by atoms with van der Waals surface area (Å²) in [7, 11) is 0. The van der Waals surface area contributed by atoms with Crippen molar-refractivity contribution in [3.8, 4) is 0 Å². The molecule has 5 heteroatoms. The van der Waals surface area contributed by atoms with Gasteiger partial charge in [0, 0.05) is 18.1 Å². The monoisotopic (exact) mass is 336 g/mol. The summed E-state index contributed by atoms with van der Waals surface area (Å²) in [5.74, 6) is 0.0659. The number of nitrogens with zero attached hydrogens (tertiary/aromatic N) is 1. The van der Waals surface area contributed by atoms with E-state index < -0.39 is 0 Å². The number of carbonyl (C=O) groups excluding carboxylic acids is 2. The topological polar surface area (TPSA) is 58.6 Å². The average molecular weight is 336 g/mol. The van der Waals surface area contributed by atoms with E-state index in [2.05, 4.69) is 5.32 Å². The van der Waals surface area contributed by atoms with Crippen molar-refractivity contribution in [2.75, 3.05) is 30.0 Å². The zero-order valence-corrected chi connectivity index (χ0v) is 13.9. The van der Waals surface area contributed by atoms with Crippen molar-refractivity contribution in [3.05, 3.63) is 59.7 Å². The van der Waals surface area contributed by atoms with Gasteiger partial charge in [-0.25, -0.2) is 0 Å². The zero-order valence-electron chi connectivity index (χ0n) is 13.9. The van der Waals surface area contributed by atoms with Crippen molar-refractivity contribution < 1.29 is 14.3 Å². The molecule has 0 aromatic heterocycles. The van der Waals surface area contributed by atoms with Gasteiger partial charge < -0.3 is 10.1 Å². The fourth-order valence-corrected chi connectivity index (χ4v) is 3.47. The SMILES string of the molecule is O=C1CN(C(=O)c2ccc([C@H]3CCCOC3)cc2)c2ccccc2N1. The van der Waals surface area contributed by atoms with Gasteiger partial charge in [0.15, 0.2) is 0 Å². The van der Waals surface area contributed by atoms with Gasteiger partial charge in [-0.1, -0.05) is 24.3 Å². The number of carbonyl (C=O) groups is 2. The van der Waals surface area contributed by atoms with Crippen LogP contribution >= 0.6 is 0 Å². The number of nitrogens with one attached hydrogen (secondary N) is 1. The van der Waals surface area contributed by atoms with Gasteiger partial charge in [-0.05, 0) is 42.7 Å². The summed E-state index contributed by atoms with van der Waals surface area (Å²) in [6.45, 7) is 1.62. The van der Waals surface area contributed by atoms with Crippen LogP contribution in [0.3, 0.4) is 0 Å². The lowest BCUT2D eigenvalue weighted by Crippen LogP contribution is -2.42. The molecule has 1 fully saturated rings. The summed E-state index contributed by atoms with van der Waals surface area (Å²) < 4.78 is 5.54. The summed E-state index contributed by atoms with van der Waals surface area (Å²) in [6.07, 6.45) is 2.19. The van der Waals surface area contributed by atoms with Crippen LogP contribution in [0, 0.1) is 0 Å². The second-order valence-corrected chi connectivity index (χ2v) is 6.49. The van der Waals surface area contributed by atoms with Gasteiger partial charge >= 0.3 is 0 Å². The van der Waals surface area contributed by atoms with Crippen LogP contribution in [0.25, 0.3) is 0 Å². The first-order valence-electron chi connectivity index (χ1n) is 8.61. The Balaban J connectivity index is 1.58. The van der Waals surface area contributed by atoms with E-state index in [0.29, 0.717) is 17.2 Å². The lowest BCUT2D eigenvalue weighted by Gasteiger charge is -2.29. The summed E-state index contributed by atoms with van der Waals surface area (Å²) in [5, 5.41) is 2.80. The standard InChI is InChI=1S/C20H20N2O3/c23-19-12-22(18-6-2-1-5-17(18)21-19)20(24)15-9-7-14(8-10-15)16-4-3-11-25-13-16/h1-2,5-10,16H,3-4,11-13H2,(H,21,23)/t16-/m0/s1. The van der Waals surface area contributed by atoms with E-state index in [-0.39, 0.29) is 18.4 Å². The van der Waals surface area contributed by atoms with Crippen LogP contribution in [0.5, 0.6) is 0 Å². The molecule has 1 atom stereocenters. The quantitative estimate of drug-likeness (QED) is 0.916. The third kappa shape index (κ3) is 3.15. The fourth-order valence-electron chi connectivity index (χ4n) is 3.47. The first-order valence-corrected chi connectivity index (χ1v) is 8.61. The van der Waals surface area contributed by atoms with E-state index in [1.165, 1.54) is 10.5 Å². The number of hydrogen-bond donors (Lipinski definition) is 1. The Labute approximate surface area is 146 Å². The van der Waals surface area contributed by atoms with E-state index in [0.717, 1.165) is 31.7 Å². The van der Waals surface area contributed by atoms with Crippen molar-refractivity contribution >= 4 is 23.2 Å². The molecule has 1 N–H and O–H groups in total. The number of ether oxygens (including phenoxy) is 1. The number of amides is 2. The van der Waals surface area contributed by atoms with Crippen LogP contribution in [0.1, 0.15) is 34.7 Å². The van der Waals surface area contributed by atoms with E-state index >= 15 is 0 Å². The fraction of sp³-hybridized carbons (Fsp3) is 0.300. The number of anilines is 2. The molecule has 0 saturated carbocycles. The second-order valence-electron chi connectivity index (χ2n) is 6.49. The van der Waals surface area contributed by atoms with Crippen molar-refractivity contribution in [1.82, 2.24) is 0 Å². The van der Waals surface area contributed by atoms with Crippen molar-refractivity contribution in [1.29, 1.82) is 0 Å². The van der Waals surface area contributed by atoms with E-state index in [1.54, 1.807) is 6.07 Å². The number of fused-ring (bicyclic) bond motifs is 1. The Morgan fingerprint density at radius 3 is 2.68 bits per heavy atom. The van der Waals surface area contributed by atoms with Gasteiger partial charge in [-0.2, -0.15) is 0 Å². The smallest absolute Gasteiger partial charge is 0.258 e. The molecule has 2 aromatic rings. The lowest BCUT2D eigenvalue weighted by atomic mass is 9.93. The molecule has 128 valence electrons. The number of rotatable bonds is 2. The first-order chi connectivity index (χ1) is 12.2. The highest BCUT2D eigenvalue weighted by Crippen LogP contribution is 2.31. The maximum Gasteiger partial charge on any atom is 0.258 e. The van der Waals surface area contributed by atoms with Crippen LogP contribution < -0.4 is 10.2 Å². The molecular formula is C20H20N2O3. The summed E-state index contributed by atoms with van der Waals surface area (Å²) in [5.41, 5.74) is 3.19. The van der Waals surface area contributed by atoms with Gasteiger partial charge in [-0.3, -0.25) is 14.5 Å². The maximum absolute atomic E-state index is 12.9. The molecule has 2 aliphatic heterocycles. The van der Waals surface area contributed by atoms with Gasteiger partial charge in [0.2, 0.25) is 5.91 Å².